The predicted octanol–water partition coefficient (Wildman–Crippen LogP) is 2.26. The van der Waals surface area contributed by atoms with Crippen LogP contribution in [0.5, 0.6) is 5.75 Å². The van der Waals surface area contributed by atoms with Crippen LogP contribution in [0.15, 0.2) is 47.5 Å². The van der Waals surface area contributed by atoms with Crippen LogP contribution in [0, 0.1) is 17.0 Å². The number of non-ortho nitro benzene ring substituents is 1. The highest BCUT2D eigenvalue weighted by Gasteiger charge is 2.13. The summed E-state index contributed by atoms with van der Waals surface area (Å²) in [7, 11) is 1.50. The Bertz CT molecular complexity index is 1110. The number of methoxy groups -OCH3 is 1. The number of nitro groups is 1. The molecule has 9 nitrogen and oxygen atoms in total. The molecule has 0 saturated carbocycles. The maximum Gasteiger partial charge on any atom is 0.271 e. The number of hydrogen-bond acceptors (Lipinski definition) is 6. The Morgan fingerprint density at radius 1 is 1.30 bits per heavy atom. The number of amides is 1. The van der Waals surface area contributed by atoms with Gasteiger partial charge in [0.2, 0.25) is 5.91 Å². The maximum absolute atomic E-state index is 12.5. The zero-order valence-corrected chi connectivity index (χ0v) is 14.6. The summed E-state index contributed by atoms with van der Waals surface area (Å²) in [6.07, 6.45) is 1.20. The summed E-state index contributed by atoms with van der Waals surface area (Å²) < 4.78 is 6.36. The van der Waals surface area contributed by atoms with Crippen LogP contribution in [0.4, 0.5) is 11.4 Å². The zero-order chi connectivity index (χ0) is 19.6. The molecule has 9 heteroatoms. The van der Waals surface area contributed by atoms with Crippen molar-refractivity contribution in [3.05, 3.63) is 68.8 Å². The van der Waals surface area contributed by atoms with E-state index in [-0.39, 0.29) is 23.1 Å². The van der Waals surface area contributed by atoms with Gasteiger partial charge in [-0.3, -0.25) is 24.3 Å². The minimum Gasteiger partial charge on any atom is -0.495 e. The van der Waals surface area contributed by atoms with Crippen LogP contribution in [0.25, 0.3) is 10.9 Å². The number of aryl methyl sites for hydroxylation is 1. The SMILES string of the molecule is COc1ccc(C)cc1NC(=O)Cn1cnc2cc([N+](=O)[O-])ccc2c1=O. The third-order valence-electron chi connectivity index (χ3n) is 3.96. The lowest BCUT2D eigenvalue weighted by atomic mass is 10.2. The monoisotopic (exact) mass is 368 g/mol. The first-order valence-corrected chi connectivity index (χ1v) is 7.97. The van der Waals surface area contributed by atoms with Crippen molar-refractivity contribution in [2.45, 2.75) is 13.5 Å². The van der Waals surface area contributed by atoms with Gasteiger partial charge in [0.25, 0.3) is 11.2 Å². The molecule has 0 unspecified atom stereocenters. The van der Waals surface area contributed by atoms with E-state index in [1.54, 1.807) is 12.1 Å². The molecule has 1 N–H and O–H groups in total. The minimum atomic E-state index is -0.560. The van der Waals surface area contributed by atoms with Crippen molar-refractivity contribution in [1.29, 1.82) is 0 Å². The molecule has 3 aromatic rings. The number of fused-ring (bicyclic) bond motifs is 1. The maximum atomic E-state index is 12.5. The van der Waals surface area contributed by atoms with Gasteiger partial charge in [-0.15, -0.1) is 0 Å². The molecule has 0 radical (unpaired) electrons. The third kappa shape index (κ3) is 3.76. The second kappa shape index (κ2) is 7.24. The highest BCUT2D eigenvalue weighted by Crippen LogP contribution is 2.25. The molecule has 27 heavy (non-hydrogen) atoms. The fourth-order valence-corrected chi connectivity index (χ4v) is 2.64. The Morgan fingerprint density at radius 2 is 2.07 bits per heavy atom. The number of ether oxygens (including phenoxy) is 1. The van der Waals surface area contributed by atoms with Gasteiger partial charge in [0.1, 0.15) is 12.3 Å². The van der Waals surface area contributed by atoms with Crippen LogP contribution in [-0.2, 0) is 11.3 Å². The summed E-state index contributed by atoms with van der Waals surface area (Å²) in [4.78, 5) is 39.2. The van der Waals surface area contributed by atoms with E-state index in [0.717, 1.165) is 10.1 Å². The second-order valence-electron chi connectivity index (χ2n) is 5.89. The molecule has 2 aromatic carbocycles. The summed E-state index contributed by atoms with van der Waals surface area (Å²) in [5, 5.41) is 13.7. The number of hydrogen-bond donors (Lipinski definition) is 1. The van der Waals surface area contributed by atoms with Crippen LogP contribution in [-0.4, -0.2) is 27.5 Å². The van der Waals surface area contributed by atoms with E-state index in [4.69, 9.17) is 4.74 Å². The van der Waals surface area contributed by atoms with E-state index in [1.807, 2.05) is 13.0 Å². The molecule has 0 fully saturated rings. The van der Waals surface area contributed by atoms with Crippen molar-refractivity contribution in [2.75, 3.05) is 12.4 Å². The predicted molar refractivity (Wildman–Crippen MR) is 99.0 cm³/mol. The van der Waals surface area contributed by atoms with Crippen molar-refractivity contribution in [1.82, 2.24) is 9.55 Å². The molecule has 3 rings (SSSR count). The van der Waals surface area contributed by atoms with Gasteiger partial charge in [0, 0.05) is 12.1 Å². The zero-order valence-electron chi connectivity index (χ0n) is 14.6. The van der Waals surface area contributed by atoms with Gasteiger partial charge in [-0.25, -0.2) is 4.98 Å². The normalized spacial score (nSPS) is 10.6. The van der Waals surface area contributed by atoms with Crippen LogP contribution in [0.2, 0.25) is 0 Å². The number of nitrogens with one attached hydrogen (secondary N) is 1. The van der Waals surface area contributed by atoms with Crippen LogP contribution in [0.1, 0.15) is 5.56 Å². The molecule has 0 spiro atoms. The first kappa shape index (κ1) is 18.1. The number of carbonyl (C=O) groups is 1. The second-order valence-corrected chi connectivity index (χ2v) is 5.89. The Hall–Kier alpha value is -3.75. The molecule has 138 valence electrons. The summed E-state index contributed by atoms with van der Waals surface area (Å²) in [5.41, 5.74) is 1.03. The lowest BCUT2D eigenvalue weighted by molar-refractivity contribution is -0.384. The molecule has 0 aliphatic carbocycles. The van der Waals surface area contributed by atoms with E-state index >= 15 is 0 Å². The van der Waals surface area contributed by atoms with E-state index < -0.39 is 16.4 Å². The largest absolute Gasteiger partial charge is 0.495 e. The van der Waals surface area contributed by atoms with E-state index in [9.17, 15) is 19.7 Å². The van der Waals surface area contributed by atoms with Crippen molar-refractivity contribution in [3.8, 4) is 5.75 Å². The minimum absolute atomic E-state index is 0.156. The summed E-state index contributed by atoms with van der Waals surface area (Å²) in [6.45, 7) is 1.63. The summed E-state index contributed by atoms with van der Waals surface area (Å²) in [6, 6.07) is 9.14. The molecule has 0 saturated heterocycles. The first-order chi connectivity index (χ1) is 12.9. The lowest BCUT2D eigenvalue weighted by Crippen LogP contribution is -2.28. The standard InChI is InChI=1S/C18H16N4O5/c1-11-3-6-16(27-2)15(7-11)20-17(23)9-21-10-19-14-8-12(22(25)26)4-5-13(14)18(21)24/h3-8,10H,9H2,1-2H3,(H,20,23). The van der Waals surface area contributed by atoms with Gasteiger partial charge in [-0.05, 0) is 30.7 Å². The molecule has 0 atom stereocenters. The van der Waals surface area contributed by atoms with Gasteiger partial charge in [-0.2, -0.15) is 0 Å². The average molecular weight is 368 g/mol. The number of nitrogens with zero attached hydrogens (tertiary/aromatic N) is 3. The van der Waals surface area contributed by atoms with Crippen molar-refractivity contribution < 1.29 is 14.5 Å². The molecular formula is C18H16N4O5. The average Bonchev–Trinajstić information content (AvgIpc) is 2.64. The Balaban J connectivity index is 1.86. The number of carbonyl (C=O) groups excluding carboxylic acids is 1. The van der Waals surface area contributed by atoms with Crippen molar-refractivity contribution >= 4 is 28.2 Å². The Morgan fingerprint density at radius 3 is 2.78 bits per heavy atom. The van der Waals surface area contributed by atoms with Gasteiger partial charge in [-0.1, -0.05) is 6.07 Å². The van der Waals surface area contributed by atoms with Gasteiger partial charge in [0.05, 0.1) is 35.0 Å². The number of nitro benzene ring substituents is 1. The van der Waals surface area contributed by atoms with Crippen molar-refractivity contribution in [2.24, 2.45) is 0 Å². The number of anilines is 1. The van der Waals surface area contributed by atoms with Gasteiger partial charge in [0.15, 0.2) is 0 Å². The fraction of sp³-hybridized carbons (Fsp3) is 0.167. The third-order valence-corrected chi connectivity index (χ3v) is 3.96. The smallest absolute Gasteiger partial charge is 0.271 e. The van der Waals surface area contributed by atoms with E-state index in [0.29, 0.717) is 11.4 Å². The summed E-state index contributed by atoms with van der Waals surface area (Å²) >= 11 is 0. The van der Waals surface area contributed by atoms with Crippen LogP contribution >= 0.6 is 0 Å². The number of aromatic nitrogens is 2. The van der Waals surface area contributed by atoms with Crippen LogP contribution in [0.3, 0.4) is 0 Å². The highest BCUT2D eigenvalue weighted by molar-refractivity contribution is 5.92. The number of rotatable bonds is 5. The van der Waals surface area contributed by atoms with Gasteiger partial charge < -0.3 is 10.1 Å². The topological polar surface area (TPSA) is 116 Å². The molecule has 0 bridgehead atoms. The summed E-state index contributed by atoms with van der Waals surface area (Å²) in [5.74, 6) is 0.0781. The molecule has 1 amide bonds. The Labute approximate surface area is 153 Å². The molecule has 0 aliphatic rings. The first-order valence-electron chi connectivity index (χ1n) is 7.97. The molecule has 1 aromatic heterocycles. The van der Waals surface area contributed by atoms with E-state index in [2.05, 4.69) is 10.3 Å². The highest BCUT2D eigenvalue weighted by atomic mass is 16.6. The molecule has 0 aliphatic heterocycles. The molecular weight excluding hydrogens is 352 g/mol. The lowest BCUT2D eigenvalue weighted by Gasteiger charge is -2.12. The van der Waals surface area contributed by atoms with Gasteiger partial charge >= 0.3 is 0 Å². The fourth-order valence-electron chi connectivity index (χ4n) is 2.64. The van der Waals surface area contributed by atoms with Crippen molar-refractivity contribution in [3.63, 3.8) is 0 Å². The Kier molecular flexibility index (Phi) is 4.84. The quantitative estimate of drug-likeness (QED) is 0.545. The van der Waals surface area contributed by atoms with E-state index in [1.165, 1.54) is 31.6 Å². The molecule has 1 heterocycles. The number of benzene rings is 2. The van der Waals surface area contributed by atoms with Crippen LogP contribution < -0.4 is 15.6 Å².